The van der Waals surface area contributed by atoms with Crippen LogP contribution in [0.15, 0.2) is 4.52 Å². The van der Waals surface area contributed by atoms with E-state index in [1.165, 1.54) is 32.1 Å². The van der Waals surface area contributed by atoms with E-state index in [2.05, 4.69) is 22.4 Å². The number of ether oxygens (including phenoxy) is 1. The minimum Gasteiger partial charge on any atom is -0.370 e. The summed E-state index contributed by atoms with van der Waals surface area (Å²) in [4.78, 5) is 4.63. The van der Waals surface area contributed by atoms with Crippen LogP contribution in [0.25, 0.3) is 0 Å². The molecule has 1 unspecified atom stereocenters. The number of likely N-dealkylation sites (N-methyl/N-ethyl adjacent to an activating group) is 1. The van der Waals surface area contributed by atoms with Crippen LogP contribution in [0.5, 0.6) is 0 Å². The maximum absolute atomic E-state index is 5.62. The average Bonchev–Trinajstić information content (AvgIpc) is 3.09. The molecule has 0 bridgehead atoms. The molecule has 5 heteroatoms. The van der Waals surface area contributed by atoms with Crippen LogP contribution in [0.3, 0.4) is 0 Å². The molecule has 3 rings (SSSR count). The van der Waals surface area contributed by atoms with Gasteiger partial charge >= 0.3 is 0 Å². The van der Waals surface area contributed by atoms with Crippen molar-refractivity contribution < 1.29 is 9.26 Å². The third-order valence-corrected chi connectivity index (χ3v) is 5.26. The Morgan fingerprint density at radius 3 is 2.67 bits per heavy atom. The van der Waals surface area contributed by atoms with Crippen LogP contribution in [0.4, 0.5) is 0 Å². The highest BCUT2D eigenvalue weighted by Gasteiger charge is 2.43. The number of hydrogen-bond donors (Lipinski definition) is 1. The lowest BCUT2D eigenvalue weighted by Crippen LogP contribution is -2.38. The predicted molar refractivity (Wildman–Crippen MR) is 80.0 cm³/mol. The Labute approximate surface area is 126 Å². The van der Waals surface area contributed by atoms with E-state index in [0.717, 1.165) is 43.4 Å². The lowest BCUT2D eigenvalue weighted by atomic mass is 9.79. The Bertz CT molecular complexity index is 445. The summed E-state index contributed by atoms with van der Waals surface area (Å²) in [6, 6.07) is 0.464. The molecule has 1 N–H and O–H groups in total. The molecule has 2 fully saturated rings. The summed E-state index contributed by atoms with van der Waals surface area (Å²) in [5, 5.41) is 7.79. The minimum absolute atomic E-state index is 0.275. The van der Waals surface area contributed by atoms with E-state index < -0.39 is 0 Å². The molecule has 2 aliphatic carbocycles. The standard InChI is InChI=1S/C16H27N3O2/c1-3-17-13(12-7-4-5-8-12)11-14-18-15(19-21-14)16(20-2)9-6-10-16/h12-13,17H,3-11H2,1-2H3. The van der Waals surface area contributed by atoms with Crippen molar-refractivity contribution in [2.45, 2.75) is 69.9 Å². The van der Waals surface area contributed by atoms with Gasteiger partial charge in [-0.25, -0.2) is 0 Å². The highest BCUT2D eigenvalue weighted by Crippen LogP contribution is 2.42. The zero-order chi connectivity index (χ0) is 14.7. The third kappa shape index (κ3) is 2.99. The second-order valence-corrected chi connectivity index (χ2v) is 6.48. The summed E-state index contributed by atoms with van der Waals surface area (Å²) in [5.41, 5.74) is -0.275. The number of rotatable bonds is 7. The lowest BCUT2D eigenvalue weighted by Gasteiger charge is -2.37. The normalized spacial score (nSPS) is 23.1. The van der Waals surface area contributed by atoms with Crippen LogP contribution in [-0.4, -0.2) is 29.8 Å². The van der Waals surface area contributed by atoms with Gasteiger partial charge in [0.15, 0.2) is 0 Å². The van der Waals surface area contributed by atoms with Gasteiger partial charge in [0, 0.05) is 19.6 Å². The average molecular weight is 293 g/mol. The van der Waals surface area contributed by atoms with Crippen molar-refractivity contribution in [1.82, 2.24) is 15.5 Å². The Morgan fingerprint density at radius 1 is 1.33 bits per heavy atom. The summed E-state index contributed by atoms with van der Waals surface area (Å²) in [6.45, 7) is 3.15. The van der Waals surface area contributed by atoms with Crippen molar-refractivity contribution in [3.05, 3.63) is 11.7 Å². The molecule has 118 valence electrons. The van der Waals surface area contributed by atoms with E-state index in [4.69, 9.17) is 9.26 Å². The quantitative estimate of drug-likeness (QED) is 0.837. The Kier molecular flexibility index (Phi) is 4.60. The van der Waals surface area contributed by atoms with E-state index in [1.807, 2.05) is 0 Å². The van der Waals surface area contributed by atoms with E-state index in [1.54, 1.807) is 7.11 Å². The largest absolute Gasteiger partial charge is 0.370 e. The topological polar surface area (TPSA) is 60.2 Å². The first-order valence-corrected chi connectivity index (χ1v) is 8.39. The van der Waals surface area contributed by atoms with Gasteiger partial charge in [-0.1, -0.05) is 24.9 Å². The number of nitrogens with one attached hydrogen (secondary N) is 1. The molecular weight excluding hydrogens is 266 g/mol. The van der Waals surface area contributed by atoms with Crippen LogP contribution in [0.2, 0.25) is 0 Å². The van der Waals surface area contributed by atoms with Gasteiger partial charge in [0.25, 0.3) is 0 Å². The molecule has 21 heavy (non-hydrogen) atoms. The van der Waals surface area contributed by atoms with Crippen LogP contribution >= 0.6 is 0 Å². The minimum atomic E-state index is -0.275. The summed E-state index contributed by atoms with van der Waals surface area (Å²) in [5.74, 6) is 2.25. The van der Waals surface area contributed by atoms with Crippen molar-refractivity contribution >= 4 is 0 Å². The zero-order valence-electron chi connectivity index (χ0n) is 13.2. The van der Waals surface area contributed by atoms with Gasteiger partial charge in [-0.15, -0.1) is 0 Å². The first kappa shape index (κ1) is 15.0. The maximum atomic E-state index is 5.62. The molecule has 2 aliphatic rings. The molecule has 2 saturated carbocycles. The fourth-order valence-electron chi connectivity index (χ4n) is 3.76. The maximum Gasteiger partial charge on any atom is 0.228 e. The molecule has 1 aromatic heterocycles. The number of aromatic nitrogens is 2. The predicted octanol–water partition coefficient (Wildman–Crippen LogP) is 2.81. The molecule has 1 heterocycles. The van der Waals surface area contributed by atoms with Crippen LogP contribution in [0, 0.1) is 5.92 Å². The molecule has 5 nitrogen and oxygen atoms in total. The highest BCUT2D eigenvalue weighted by atomic mass is 16.5. The van der Waals surface area contributed by atoms with Crippen LogP contribution < -0.4 is 5.32 Å². The molecule has 0 amide bonds. The summed E-state index contributed by atoms with van der Waals surface area (Å²) < 4.78 is 11.1. The van der Waals surface area contributed by atoms with Gasteiger partial charge in [-0.05, 0) is 44.6 Å². The second-order valence-electron chi connectivity index (χ2n) is 6.48. The molecule has 0 aromatic carbocycles. The molecular formula is C16H27N3O2. The summed E-state index contributed by atoms with van der Waals surface area (Å²) in [7, 11) is 1.75. The first-order chi connectivity index (χ1) is 10.3. The molecule has 0 aliphatic heterocycles. The Morgan fingerprint density at radius 2 is 2.10 bits per heavy atom. The van der Waals surface area contributed by atoms with Crippen molar-refractivity contribution in [1.29, 1.82) is 0 Å². The number of hydrogen-bond acceptors (Lipinski definition) is 5. The lowest BCUT2D eigenvalue weighted by molar-refractivity contribution is -0.0858. The third-order valence-electron chi connectivity index (χ3n) is 5.26. The highest BCUT2D eigenvalue weighted by molar-refractivity contribution is 5.07. The monoisotopic (exact) mass is 293 g/mol. The van der Waals surface area contributed by atoms with Crippen molar-refractivity contribution in [2.75, 3.05) is 13.7 Å². The van der Waals surface area contributed by atoms with Gasteiger partial charge in [-0.3, -0.25) is 0 Å². The van der Waals surface area contributed by atoms with E-state index >= 15 is 0 Å². The van der Waals surface area contributed by atoms with Crippen molar-refractivity contribution in [2.24, 2.45) is 5.92 Å². The molecule has 1 aromatic rings. The Balaban J connectivity index is 1.67. The smallest absolute Gasteiger partial charge is 0.228 e. The van der Waals surface area contributed by atoms with E-state index in [-0.39, 0.29) is 5.60 Å². The van der Waals surface area contributed by atoms with Gasteiger partial charge in [0.1, 0.15) is 5.60 Å². The van der Waals surface area contributed by atoms with E-state index in [0.29, 0.717) is 6.04 Å². The van der Waals surface area contributed by atoms with Crippen LogP contribution in [-0.2, 0) is 16.8 Å². The van der Waals surface area contributed by atoms with Crippen LogP contribution in [0.1, 0.15) is 63.6 Å². The van der Waals surface area contributed by atoms with Gasteiger partial charge in [-0.2, -0.15) is 4.98 Å². The summed E-state index contributed by atoms with van der Waals surface area (Å²) >= 11 is 0. The first-order valence-electron chi connectivity index (χ1n) is 8.39. The SMILES string of the molecule is CCNC(Cc1nc(C2(OC)CCC2)no1)C1CCCC1. The fraction of sp³-hybridized carbons (Fsp3) is 0.875. The second kappa shape index (κ2) is 6.44. The molecule has 1 atom stereocenters. The molecule has 0 spiro atoms. The number of methoxy groups -OCH3 is 1. The number of nitrogens with zero attached hydrogens (tertiary/aromatic N) is 2. The van der Waals surface area contributed by atoms with Gasteiger partial charge in [0.2, 0.25) is 11.7 Å². The molecule has 0 saturated heterocycles. The molecule has 0 radical (unpaired) electrons. The van der Waals surface area contributed by atoms with E-state index in [9.17, 15) is 0 Å². The zero-order valence-corrected chi connectivity index (χ0v) is 13.2. The van der Waals surface area contributed by atoms with Crippen molar-refractivity contribution in [3.8, 4) is 0 Å². The fourth-order valence-corrected chi connectivity index (χ4v) is 3.76. The van der Waals surface area contributed by atoms with Crippen molar-refractivity contribution in [3.63, 3.8) is 0 Å². The Hall–Kier alpha value is -0.940. The van der Waals surface area contributed by atoms with Gasteiger partial charge in [0.05, 0.1) is 0 Å². The summed E-state index contributed by atoms with van der Waals surface area (Å²) in [6.07, 6.45) is 9.37. The van der Waals surface area contributed by atoms with Gasteiger partial charge < -0.3 is 14.6 Å².